The summed E-state index contributed by atoms with van der Waals surface area (Å²) in [6, 6.07) is 0.116. The molecule has 0 bridgehead atoms. The van der Waals surface area contributed by atoms with E-state index in [1.54, 1.807) is 0 Å². The SMILES string of the molecule is CCN[C@H](C(=O)C(C)(C)C)C1CC1. The first-order chi connectivity index (χ1) is 5.96. The summed E-state index contributed by atoms with van der Waals surface area (Å²) in [5.41, 5.74) is -0.199. The van der Waals surface area contributed by atoms with Gasteiger partial charge in [0.2, 0.25) is 0 Å². The van der Waals surface area contributed by atoms with Crippen LogP contribution in [-0.4, -0.2) is 18.4 Å². The van der Waals surface area contributed by atoms with E-state index in [4.69, 9.17) is 0 Å². The third-order valence-corrected chi connectivity index (χ3v) is 2.54. The van der Waals surface area contributed by atoms with Crippen LogP contribution < -0.4 is 5.32 Å². The van der Waals surface area contributed by atoms with Crippen LogP contribution in [0.15, 0.2) is 0 Å². The molecular weight excluding hydrogens is 162 g/mol. The van der Waals surface area contributed by atoms with Gasteiger partial charge in [0.1, 0.15) is 0 Å². The van der Waals surface area contributed by atoms with Gasteiger partial charge < -0.3 is 5.32 Å². The molecule has 0 saturated heterocycles. The molecule has 2 nitrogen and oxygen atoms in total. The zero-order valence-electron chi connectivity index (χ0n) is 9.18. The summed E-state index contributed by atoms with van der Waals surface area (Å²) in [7, 11) is 0. The van der Waals surface area contributed by atoms with E-state index < -0.39 is 0 Å². The summed E-state index contributed by atoms with van der Waals surface area (Å²) in [4.78, 5) is 12.0. The van der Waals surface area contributed by atoms with Crippen LogP contribution in [0.1, 0.15) is 40.5 Å². The minimum absolute atomic E-state index is 0.116. The molecule has 76 valence electrons. The third kappa shape index (κ3) is 2.80. The maximum absolute atomic E-state index is 12.0. The molecule has 1 aliphatic carbocycles. The van der Waals surface area contributed by atoms with Crippen molar-refractivity contribution in [1.82, 2.24) is 5.32 Å². The number of ketones is 1. The maximum atomic E-state index is 12.0. The lowest BCUT2D eigenvalue weighted by molar-refractivity contribution is -0.128. The molecule has 1 fully saturated rings. The van der Waals surface area contributed by atoms with Crippen LogP contribution in [0.5, 0.6) is 0 Å². The number of carbonyl (C=O) groups excluding carboxylic acids is 1. The van der Waals surface area contributed by atoms with E-state index in [0.717, 1.165) is 6.54 Å². The predicted molar refractivity (Wildman–Crippen MR) is 54.7 cm³/mol. The average molecular weight is 183 g/mol. The van der Waals surface area contributed by atoms with Crippen molar-refractivity contribution in [3.63, 3.8) is 0 Å². The van der Waals surface area contributed by atoms with Gasteiger partial charge in [0, 0.05) is 5.41 Å². The van der Waals surface area contributed by atoms with Crippen LogP contribution >= 0.6 is 0 Å². The fourth-order valence-electron chi connectivity index (χ4n) is 1.59. The van der Waals surface area contributed by atoms with Crippen molar-refractivity contribution in [3.05, 3.63) is 0 Å². The summed E-state index contributed by atoms with van der Waals surface area (Å²) in [6.45, 7) is 8.96. The zero-order valence-corrected chi connectivity index (χ0v) is 9.18. The Morgan fingerprint density at radius 1 is 1.46 bits per heavy atom. The van der Waals surface area contributed by atoms with Crippen LogP contribution in [0.2, 0.25) is 0 Å². The number of hydrogen-bond acceptors (Lipinski definition) is 2. The smallest absolute Gasteiger partial charge is 0.155 e. The molecule has 2 heteroatoms. The Morgan fingerprint density at radius 2 is 2.00 bits per heavy atom. The van der Waals surface area contributed by atoms with Gasteiger partial charge in [-0.2, -0.15) is 0 Å². The van der Waals surface area contributed by atoms with Gasteiger partial charge in [-0.1, -0.05) is 27.7 Å². The number of nitrogens with one attached hydrogen (secondary N) is 1. The first-order valence-corrected chi connectivity index (χ1v) is 5.24. The topological polar surface area (TPSA) is 29.1 Å². The first-order valence-electron chi connectivity index (χ1n) is 5.24. The number of hydrogen-bond donors (Lipinski definition) is 1. The van der Waals surface area contributed by atoms with Crippen molar-refractivity contribution in [2.24, 2.45) is 11.3 Å². The van der Waals surface area contributed by atoms with Crippen molar-refractivity contribution in [2.75, 3.05) is 6.54 Å². The summed E-state index contributed by atoms with van der Waals surface area (Å²) in [5, 5.41) is 3.30. The van der Waals surface area contributed by atoms with Gasteiger partial charge in [-0.25, -0.2) is 0 Å². The van der Waals surface area contributed by atoms with Crippen molar-refractivity contribution in [3.8, 4) is 0 Å². The number of likely N-dealkylation sites (N-methyl/N-ethyl adjacent to an activating group) is 1. The number of carbonyl (C=O) groups is 1. The lowest BCUT2D eigenvalue weighted by Gasteiger charge is -2.25. The highest BCUT2D eigenvalue weighted by Crippen LogP contribution is 2.35. The van der Waals surface area contributed by atoms with Crippen LogP contribution in [0.3, 0.4) is 0 Å². The highest BCUT2D eigenvalue weighted by molar-refractivity contribution is 5.89. The second-order valence-corrected chi connectivity index (χ2v) is 4.99. The highest BCUT2D eigenvalue weighted by Gasteiger charge is 2.39. The molecule has 0 aromatic rings. The van der Waals surface area contributed by atoms with Gasteiger partial charge in [-0.05, 0) is 25.3 Å². The Hall–Kier alpha value is -0.370. The number of rotatable bonds is 4. The fraction of sp³-hybridized carbons (Fsp3) is 0.909. The minimum Gasteiger partial charge on any atom is -0.308 e. The quantitative estimate of drug-likeness (QED) is 0.722. The van der Waals surface area contributed by atoms with E-state index in [1.807, 2.05) is 20.8 Å². The van der Waals surface area contributed by atoms with Gasteiger partial charge in [0.05, 0.1) is 6.04 Å². The van der Waals surface area contributed by atoms with Crippen LogP contribution in [0, 0.1) is 11.3 Å². The van der Waals surface area contributed by atoms with E-state index in [2.05, 4.69) is 12.2 Å². The molecule has 1 atom stereocenters. The van der Waals surface area contributed by atoms with E-state index in [1.165, 1.54) is 12.8 Å². The van der Waals surface area contributed by atoms with Crippen LogP contribution in [0.4, 0.5) is 0 Å². The van der Waals surface area contributed by atoms with Crippen molar-refractivity contribution in [2.45, 2.75) is 46.6 Å². The molecule has 0 spiro atoms. The molecule has 0 aliphatic heterocycles. The summed E-state index contributed by atoms with van der Waals surface area (Å²) < 4.78 is 0. The molecule has 1 rings (SSSR count). The molecule has 0 aromatic heterocycles. The molecule has 1 aliphatic rings. The van der Waals surface area contributed by atoms with Gasteiger partial charge in [-0.3, -0.25) is 4.79 Å². The minimum atomic E-state index is -0.199. The summed E-state index contributed by atoms with van der Waals surface area (Å²) in [5.74, 6) is 0.989. The molecule has 0 amide bonds. The van der Waals surface area contributed by atoms with Gasteiger partial charge >= 0.3 is 0 Å². The Labute approximate surface area is 81.1 Å². The average Bonchev–Trinajstić information content (AvgIpc) is 2.79. The van der Waals surface area contributed by atoms with Crippen LogP contribution in [-0.2, 0) is 4.79 Å². The van der Waals surface area contributed by atoms with Crippen molar-refractivity contribution in [1.29, 1.82) is 0 Å². The largest absolute Gasteiger partial charge is 0.308 e. The molecule has 1 N–H and O–H groups in total. The molecule has 13 heavy (non-hydrogen) atoms. The summed E-state index contributed by atoms with van der Waals surface area (Å²) in [6.07, 6.45) is 2.44. The fourth-order valence-corrected chi connectivity index (χ4v) is 1.59. The van der Waals surface area contributed by atoms with E-state index in [0.29, 0.717) is 11.7 Å². The van der Waals surface area contributed by atoms with Gasteiger partial charge in [0.25, 0.3) is 0 Å². The molecule has 0 heterocycles. The normalized spacial score (nSPS) is 20.0. The highest BCUT2D eigenvalue weighted by atomic mass is 16.1. The summed E-state index contributed by atoms with van der Waals surface area (Å²) >= 11 is 0. The molecule has 0 radical (unpaired) electrons. The Balaban J connectivity index is 2.58. The molecule has 0 unspecified atom stereocenters. The van der Waals surface area contributed by atoms with Crippen molar-refractivity contribution < 1.29 is 4.79 Å². The Bertz CT molecular complexity index is 189. The predicted octanol–water partition coefficient (Wildman–Crippen LogP) is 1.99. The standard InChI is InChI=1S/C11H21NO/c1-5-12-9(8-6-7-8)10(13)11(2,3)4/h8-9,12H,5-7H2,1-4H3/t9-/m0/s1. The lowest BCUT2D eigenvalue weighted by atomic mass is 9.85. The molecule has 1 saturated carbocycles. The Kier molecular flexibility index (Phi) is 3.12. The monoisotopic (exact) mass is 183 g/mol. The number of Topliss-reactive ketones (excluding diaryl/α,β-unsaturated/α-hetero) is 1. The second-order valence-electron chi connectivity index (χ2n) is 4.99. The second kappa shape index (κ2) is 3.79. The zero-order chi connectivity index (χ0) is 10.1. The Morgan fingerprint density at radius 3 is 2.31 bits per heavy atom. The van der Waals surface area contributed by atoms with Crippen LogP contribution in [0.25, 0.3) is 0 Å². The first kappa shape index (κ1) is 10.7. The van der Waals surface area contributed by atoms with Crippen molar-refractivity contribution >= 4 is 5.78 Å². The van der Waals surface area contributed by atoms with Gasteiger partial charge in [0.15, 0.2) is 5.78 Å². The molecular formula is C11H21NO. The molecule has 0 aromatic carbocycles. The third-order valence-electron chi connectivity index (χ3n) is 2.54. The van der Waals surface area contributed by atoms with E-state index in [-0.39, 0.29) is 11.5 Å². The van der Waals surface area contributed by atoms with E-state index >= 15 is 0 Å². The van der Waals surface area contributed by atoms with Gasteiger partial charge in [-0.15, -0.1) is 0 Å². The van der Waals surface area contributed by atoms with E-state index in [9.17, 15) is 4.79 Å². The maximum Gasteiger partial charge on any atom is 0.155 e. The lowest BCUT2D eigenvalue weighted by Crippen LogP contribution is -2.44.